The molecule has 21 nitrogen and oxygen atoms in total. The highest BCUT2D eigenvalue weighted by molar-refractivity contribution is 9.10. The Bertz CT molecular complexity index is 5260. The van der Waals surface area contributed by atoms with E-state index < -0.39 is 14.2 Å². The van der Waals surface area contributed by atoms with Crippen LogP contribution in [0.5, 0.6) is 0 Å². The van der Waals surface area contributed by atoms with Crippen molar-refractivity contribution in [3.63, 3.8) is 0 Å². The Morgan fingerprint density at radius 2 is 0.871 bits per heavy atom. The molecule has 0 aliphatic carbocycles. The fraction of sp³-hybridized carbons (Fsp3) is 0.0896. The normalized spacial score (nSPS) is 12.7. The molecule has 26 heteroatoms. The third-order valence-electron chi connectivity index (χ3n) is 15.1. The van der Waals surface area contributed by atoms with Crippen LogP contribution in [0.4, 0.5) is 35.1 Å². The Morgan fingerprint density at radius 3 is 1.34 bits per heavy atom. The van der Waals surface area contributed by atoms with Gasteiger partial charge in [0.05, 0.1) is 57.5 Å². The summed E-state index contributed by atoms with van der Waals surface area (Å²) < 4.78 is 28.8. The van der Waals surface area contributed by atoms with Gasteiger partial charge in [0.1, 0.15) is 16.6 Å². The molecule has 0 bridgehead atoms. The summed E-state index contributed by atoms with van der Waals surface area (Å²) in [6, 6.07) is 41.8. The van der Waals surface area contributed by atoms with E-state index in [4.69, 9.17) is 92.7 Å². The van der Waals surface area contributed by atoms with Crippen molar-refractivity contribution >= 4 is 165 Å². The molecular weight excluding hydrogens is 1290 g/mol. The van der Waals surface area contributed by atoms with E-state index in [2.05, 4.69) is 76.4 Å². The molecule has 1 saturated heterocycles. The van der Waals surface area contributed by atoms with Gasteiger partial charge in [0.15, 0.2) is 16.7 Å². The predicted octanol–water partition coefficient (Wildman–Crippen LogP) is 14.7. The number of anilines is 3. The number of nitrogens with two attached hydrogens (primary N) is 3. The van der Waals surface area contributed by atoms with Crippen molar-refractivity contribution in [1.29, 1.82) is 0 Å². The van der Waals surface area contributed by atoms with E-state index in [9.17, 15) is 0 Å². The lowest BCUT2D eigenvalue weighted by molar-refractivity contribution is 0.00578. The SMILES string of the molecule is CC1(C)OB(c2ccc3oc(N)nc3c2)OC1(C)C.OB(O)c1ccncc1.[C-]#[N+]c1cnc2ccc(-c3ccc4oc(N)nc4c3)cc2c1-c1ccncc1.[C-]#[N+]c1cnc2ccc(-c3ccc4oc(N)nc4c3)cc2c1Cl.[C-]#[N+]c1cnc2ccc(Br)cc2c1Cl. The van der Waals surface area contributed by atoms with Crippen LogP contribution >= 0.6 is 39.1 Å². The maximum atomic E-state index is 8.55. The highest BCUT2D eigenvalue weighted by Crippen LogP contribution is 2.40. The lowest BCUT2D eigenvalue weighted by Gasteiger charge is -2.32. The maximum absolute atomic E-state index is 8.55. The van der Waals surface area contributed by atoms with Gasteiger partial charge in [-0.2, -0.15) is 15.0 Å². The van der Waals surface area contributed by atoms with Gasteiger partial charge >= 0.3 is 14.2 Å². The first-order valence-electron chi connectivity index (χ1n) is 28.1. The number of halogens is 3. The van der Waals surface area contributed by atoms with Gasteiger partial charge < -0.3 is 49.8 Å². The summed E-state index contributed by atoms with van der Waals surface area (Å²) in [5.74, 6) is 0. The lowest BCUT2D eigenvalue weighted by Crippen LogP contribution is -2.41. The zero-order valence-electron chi connectivity index (χ0n) is 49.6. The number of rotatable bonds is 5. The van der Waals surface area contributed by atoms with E-state index in [0.29, 0.717) is 65.9 Å². The molecule has 6 aromatic carbocycles. The number of nitrogens with zero attached hydrogens (tertiary/aromatic N) is 11. The van der Waals surface area contributed by atoms with Gasteiger partial charge in [0.25, 0.3) is 18.0 Å². The smallest absolute Gasteiger partial charge is 0.424 e. The fourth-order valence-corrected chi connectivity index (χ4v) is 10.6. The summed E-state index contributed by atoms with van der Waals surface area (Å²) in [5, 5.41) is 20.4. The van der Waals surface area contributed by atoms with Crippen molar-refractivity contribution in [1.82, 2.24) is 39.9 Å². The summed E-state index contributed by atoms with van der Waals surface area (Å²) in [5.41, 5.74) is 30.8. The predicted molar refractivity (Wildman–Crippen MR) is 368 cm³/mol. The number of hydrogen-bond acceptors (Lipinski definition) is 18. The molecule has 1 fully saturated rings. The maximum Gasteiger partial charge on any atom is 0.494 e. The second kappa shape index (κ2) is 26.9. The van der Waals surface area contributed by atoms with Crippen molar-refractivity contribution in [2.24, 2.45) is 0 Å². The monoisotopic (exact) mass is 1330 g/mol. The van der Waals surface area contributed by atoms with Crippen LogP contribution in [-0.4, -0.2) is 75.4 Å². The van der Waals surface area contributed by atoms with Crippen molar-refractivity contribution in [3.05, 3.63) is 226 Å². The number of pyridine rings is 5. The summed E-state index contributed by atoms with van der Waals surface area (Å²) in [4.78, 5) is 43.4. The molecule has 1 aliphatic rings. The second-order valence-corrected chi connectivity index (χ2v) is 23.3. The molecule has 0 spiro atoms. The van der Waals surface area contributed by atoms with Gasteiger partial charge in [0.2, 0.25) is 17.1 Å². The summed E-state index contributed by atoms with van der Waals surface area (Å²) >= 11 is 15.7. The molecule has 0 unspecified atom stereocenters. The average molecular weight is 1330 g/mol. The zero-order valence-corrected chi connectivity index (χ0v) is 52.7. The van der Waals surface area contributed by atoms with Crippen LogP contribution in [0.2, 0.25) is 10.0 Å². The third kappa shape index (κ3) is 13.9. The Balaban J connectivity index is 0.000000124. The van der Waals surface area contributed by atoms with Crippen molar-refractivity contribution in [2.75, 3.05) is 17.2 Å². The fourth-order valence-electron chi connectivity index (χ4n) is 9.75. The van der Waals surface area contributed by atoms with Gasteiger partial charge in [-0.15, -0.1) is 0 Å². The van der Waals surface area contributed by atoms with Crippen LogP contribution in [0, 0.1) is 19.7 Å². The molecule has 9 heterocycles. The molecule has 0 atom stereocenters. The molecule has 1 aliphatic heterocycles. The highest BCUT2D eigenvalue weighted by atomic mass is 79.9. The van der Waals surface area contributed by atoms with Crippen molar-refractivity contribution in [3.8, 4) is 33.4 Å². The summed E-state index contributed by atoms with van der Waals surface area (Å²) in [6.07, 6.45) is 11.1. The van der Waals surface area contributed by atoms with E-state index in [1.165, 1.54) is 24.8 Å². The molecule has 0 radical (unpaired) electrons. The minimum Gasteiger partial charge on any atom is -0.424 e. The van der Waals surface area contributed by atoms with Crippen LogP contribution in [-0.2, 0) is 9.31 Å². The number of benzene rings is 6. The Morgan fingerprint density at radius 1 is 0.473 bits per heavy atom. The number of aromatic nitrogens is 8. The summed E-state index contributed by atoms with van der Waals surface area (Å²) in [6.45, 7) is 29.7. The van der Waals surface area contributed by atoms with Crippen LogP contribution in [0.25, 0.3) is 114 Å². The summed E-state index contributed by atoms with van der Waals surface area (Å²) in [7, 11) is -1.78. The van der Waals surface area contributed by atoms with Crippen LogP contribution in [0.15, 0.2) is 195 Å². The minimum absolute atomic E-state index is 0.143. The van der Waals surface area contributed by atoms with Crippen molar-refractivity contribution < 1.29 is 32.6 Å². The molecule has 456 valence electrons. The first-order chi connectivity index (χ1) is 44.7. The van der Waals surface area contributed by atoms with E-state index in [-0.39, 0.29) is 29.2 Å². The molecule has 93 heavy (non-hydrogen) atoms. The second-order valence-electron chi connectivity index (χ2n) is 21.6. The van der Waals surface area contributed by atoms with Crippen molar-refractivity contribution in [2.45, 2.75) is 38.9 Å². The Labute approximate surface area is 549 Å². The molecule has 0 saturated carbocycles. The zero-order chi connectivity index (χ0) is 65.7. The van der Waals surface area contributed by atoms with Crippen LogP contribution in [0.1, 0.15) is 27.7 Å². The van der Waals surface area contributed by atoms with E-state index in [0.717, 1.165) is 76.0 Å². The molecule has 15 rings (SSSR count). The first kappa shape index (κ1) is 63.7. The Kier molecular flexibility index (Phi) is 18.5. The number of oxazole rings is 3. The quantitative estimate of drug-likeness (QED) is 0.0790. The van der Waals surface area contributed by atoms with Gasteiger partial charge in [-0.1, -0.05) is 69.5 Å². The number of nitrogen functional groups attached to an aromatic ring is 3. The number of fused-ring (bicyclic) bond motifs is 6. The Hall–Kier alpha value is -10.8. The molecular formula is C67H49B2BrCl2N14O7. The van der Waals surface area contributed by atoms with Gasteiger partial charge in [-0.3, -0.25) is 24.9 Å². The highest BCUT2D eigenvalue weighted by Gasteiger charge is 2.51. The minimum atomic E-state index is -1.38. The number of hydrogen-bond donors (Lipinski definition) is 5. The topological polar surface area (TPSA) is 293 Å². The van der Waals surface area contributed by atoms with Crippen LogP contribution in [0.3, 0.4) is 0 Å². The third-order valence-corrected chi connectivity index (χ3v) is 16.4. The van der Waals surface area contributed by atoms with Gasteiger partial charge in [0, 0.05) is 58.6 Å². The first-order valence-corrected chi connectivity index (χ1v) is 29.6. The molecule has 0 amide bonds. The molecule has 8 N–H and O–H groups in total. The van der Waals surface area contributed by atoms with E-state index >= 15 is 0 Å². The van der Waals surface area contributed by atoms with Crippen LogP contribution < -0.4 is 28.1 Å². The molecule has 14 aromatic rings. The molecule has 8 aromatic heterocycles. The lowest BCUT2D eigenvalue weighted by atomic mass is 9.79. The van der Waals surface area contributed by atoms with E-state index in [1.807, 2.05) is 143 Å². The largest absolute Gasteiger partial charge is 0.494 e. The van der Waals surface area contributed by atoms with E-state index in [1.54, 1.807) is 30.7 Å². The van der Waals surface area contributed by atoms with Gasteiger partial charge in [-0.05, 0) is 181 Å². The van der Waals surface area contributed by atoms with Gasteiger partial charge in [-0.25, -0.2) is 14.5 Å². The standard InChI is InChI=1S/C22H13N5O.C17H9ClN4O.C13H17BN2O3.C10H4BrClN2.C5H6BNO2/c1-24-19-12-26-17-4-2-14(10-16(17)21(19)13-6-8-25-9-7-13)15-3-5-20-18(11-15)27-22(23)28-20;1-20-14-8-21-12-4-2-9(6-11(12)16(14)18)10-3-5-15-13(7-10)22-17(19)23-15;1-12(2)13(3,4)19-14(18-12)8-5-6-10-9(7-8)16-11(15)17-10;1-13-9-5-14-8-3-2-6(11)4-7(8)10(9)12;8-6(9)5-1-3-7-4-2-5/h2-12H,(H2,23,27);2-8H,(H2,19,22);5-7H,1-4H3,(H2,15,16);2-5H;1-4,8-9H. The average Bonchev–Trinajstić information content (AvgIpc) is 1.77.